The summed E-state index contributed by atoms with van der Waals surface area (Å²) in [4.78, 5) is 13.1. The van der Waals surface area contributed by atoms with E-state index in [0.717, 1.165) is 23.4 Å². The van der Waals surface area contributed by atoms with Crippen molar-refractivity contribution in [3.63, 3.8) is 0 Å². The molecule has 2 heterocycles. The summed E-state index contributed by atoms with van der Waals surface area (Å²) >= 11 is 0. The predicted octanol–water partition coefficient (Wildman–Crippen LogP) is 1.50. The summed E-state index contributed by atoms with van der Waals surface area (Å²) in [5.41, 5.74) is 7.41. The van der Waals surface area contributed by atoms with Gasteiger partial charge in [-0.3, -0.25) is 0 Å². The van der Waals surface area contributed by atoms with Gasteiger partial charge in [-0.1, -0.05) is 12.2 Å². The maximum Gasteiger partial charge on any atom is 0.224 e. The van der Waals surface area contributed by atoms with Gasteiger partial charge in [-0.05, 0) is 12.8 Å². The molecule has 0 amide bonds. The van der Waals surface area contributed by atoms with Crippen molar-refractivity contribution in [2.24, 2.45) is 0 Å². The molecule has 2 aromatic rings. The van der Waals surface area contributed by atoms with Crippen LogP contribution in [0.2, 0.25) is 0 Å². The number of aromatic nitrogens is 4. The number of methoxy groups -OCH3 is 1. The molecule has 21 heavy (non-hydrogen) atoms. The Labute approximate surface area is 122 Å². The lowest BCUT2D eigenvalue weighted by Gasteiger charge is -2.13. The molecule has 1 fully saturated rings. The number of ether oxygens (including phenoxy) is 1. The Bertz CT molecular complexity index is 705. The van der Waals surface area contributed by atoms with Crippen LogP contribution in [0.25, 0.3) is 11.2 Å². The van der Waals surface area contributed by atoms with Crippen molar-refractivity contribution in [1.29, 1.82) is 0 Å². The second kappa shape index (κ2) is 4.70. The topological polar surface area (TPSA) is 90.9 Å². The van der Waals surface area contributed by atoms with Crippen molar-refractivity contribution < 1.29 is 4.74 Å². The zero-order valence-electron chi connectivity index (χ0n) is 11.9. The Hall–Kier alpha value is -2.15. The summed E-state index contributed by atoms with van der Waals surface area (Å²) < 4.78 is 7.41. The average molecular weight is 286 g/mol. The van der Waals surface area contributed by atoms with E-state index in [1.54, 1.807) is 7.11 Å². The summed E-state index contributed by atoms with van der Waals surface area (Å²) in [6.45, 7) is 0. The number of nitrogens with zero attached hydrogens (tertiary/aromatic N) is 4. The first kappa shape index (κ1) is 12.6. The van der Waals surface area contributed by atoms with E-state index in [2.05, 4.69) is 32.4 Å². The molecule has 0 bridgehead atoms. The van der Waals surface area contributed by atoms with Crippen molar-refractivity contribution in [2.75, 3.05) is 18.2 Å². The first-order valence-electron chi connectivity index (χ1n) is 7.22. The number of rotatable bonds is 4. The third kappa shape index (κ3) is 2.23. The highest BCUT2D eigenvalue weighted by molar-refractivity contribution is 5.84. The van der Waals surface area contributed by atoms with E-state index in [1.807, 2.05) is 10.9 Å². The highest BCUT2D eigenvalue weighted by atomic mass is 16.5. The molecule has 2 atom stereocenters. The molecule has 2 aromatic heterocycles. The number of nitrogens with two attached hydrogens (primary N) is 1. The molecule has 0 aromatic carbocycles. The number of anilines is 2. The van der Waals surface area contributed by atoms with Crippen LogP contribution in [0.15, 0.2) is 18.5 Å². The fraction of sp³-hybridized carbons (Fsp3) is 0.500. The standard InChI is InChI=1S/C14H18N6O/c1-21-10-5-4-9(6-10)20-7-16-11-12(17-8-2-3-8)18-14(15)19-13(11)20/h4-5,7-10H,2-3,6H2,1H3,(H3,15,17,18,19)/t9?,10-/m1/s1. The molecule has 110 valence electrons. The fourth-order valence-electron chi connectivity index (χ4n) is 2.73. The molecule has 7 heteroatoms. The Balaban J connectivity index is 1.73. The zero-order valence-corrected chi connectivity index (χ0v) is 11.9. The number of fused-ring (bicyclic) bond motifs is 1. The van der Waals surface area contributed by atoms with Crippen LogP contribution in [-0.2, 0) is 4.74 Å². The van der Waals surface area contributed by atoms with Gasteiger partial charge in [0.1, 0.15) is 0 Å². The molecule has 2 aliphatic rings. The molecule has 1 unspecified atom stereocenters. The van der Waals surface area contributed by atoms with Gasteiger partial charge in [0.05, 0.1) is 18.5 Å². The number of nitrogen functional groups attached to an aromatic ring is 1. The summed E-state index contributed by atoms with van der Waals surface area (Å²) in [6, 6.07) is 0.694. The predicted molar refractivity (Wildman–Crippen MR) is 80.0 cm³/mol. The fourth-order valence-corrected chi connectivity index (χ4v) is 2.73. The van der Waals surface area contributed by atoms with Gasteiger partial charge in [-0.25, -0.2) is 4.98 Å². The Morgan fingerprint density at radius 3 is 2.90 bits per heavy atom. The molecule has 1 saturated carbocycles. The molecule has 2 aliphatic carbocycles. The number of hydrogen-bond donors (Lipinski definition) is 2. The number of allylic oxidation sites excluding steroid dienone is 1. The molecule has 0 radical (unpaired) electrons. The quantitative estimate of drug-likeness (QED) is 0.828. The van der Waals surface area contributed by atoms with Crippen LogP contribution >= 0.6 is 0 Å². The largest absolute Gasteiger partial charge is 0.377 e. The Morgan fingerprint density at radius 1 is 1.33 bits per heavy atom. The van der Waals surface area contributed by atoms with Gasteiger partial charge in [0.25, 0.3) is 0 Å². The minimum atomic E-state index is 0.149. The van der Waals surface area contributed by atoms with Crippen LogP contribution < -0.4 is 11.1 Å². The van der Waals surface area contributed by atoms with Gasteiger partial charge < -0.3 is 20.4 Å². The minimum Gasteiger partial charge on any atom is -0.377 e. The molecular weight excluding hydrogens is 268 g/mol. The van der Waals surface area contributed by atoms with Gasteiger partial charge >= 0.3 is 0 Å². The van der Waals surface area contributed by atoms with Crippen LogP contribution in [0.4, 0.5) is 11.8 Å². The van der Waals surface area contributed by atoms with Gasteiger partial charge in [0.15, 0.2) is 17.0 Å². The second-order valence-corrected chi connectivity index (χ2v) is 5.64. The van der Waals surface area contributed by atoms with E-state index in [1.165, 1.54) is 12.8 Å². The molecule has 0 saturated heterocycles. The van der Waals surface area contributed by atoms with Crippen LogP contribution in [0, 0.1) is 0 Å². The molecule has 7 nitrogen and oxygen atoms in total. The molecule has 0 aliphatic heterocycles. The summed E-state index contributed by atoms with van der Waals surface area (Å²) in [5, 5.41) is 3.37. The molecule has 3 N–H and O–H groups in total. The van der Waals surface area contributed by atoms with E-state index in [9.17, 15) is 0 Å². The highest BCUT2D eigenvalue weighted by Gasteiger charge is 2.26. The van der Waals surface area contributed by atoms with Crippen molar-refractivity contribution in [1.82, 2.24) is 19.5 Å². The average Bonchev–Trinajstić information content (AvgIpc) is 3.01. The SMILES string of the molecule is CO[C@@H]1C=CC(n2cnc3c(NC4CC4)nc(N)nc32)C1. The van der Waals surface area contributed by atoms with Crippen LogP contribution in [0.1, 0.15) is 25.3 Å². The first-order chi connectivity index (χ1) is 10.2. The highest BCUT2D eigenvalue weighted by Crippen LogP contribution is 2.31. The van der Waals surface area contributed by atoms with E-state index in [0.29, 0.717) is 6.04 Å². The van der Waals surface area contributed by atoms with Crippen molar-refractivity contribution in [3.05, 3.63) is 18.5 Å². The number of hydrogen-bond acceptors (Lipinski definition) is 6. The van der Waals surface area contributed by atoms with Crippen molar-refractivity contribution in [3.8, 4) is 0 Å². The third-order valence-electron chi connectivity index (χ3n) is 4.04. The Morgan fingerprint density at radius 2 is 2.19 bits per heavy atom. The maximum atomic E-state index is 5.86. The smallest absolute Gasteiger partial charge is 0.224 e. The molecule has 0 spiro atoms. The van der Waals surface area contributed by atoms with Gasteiger partial charge in [0.2, 0.25) is 5.95 Å². The zero-order chi connectivity index (χ0) is 14.4. The van der Waals surface area contributed by atoms with Gasteiger partial charge in [-0.2, -0.15) is 9.97 Å². The van der Waals surface area contributed by atoms with E-state index in [-0.39, 0.29) is 18.1 Å². The summed E-state index contributed by atoms with van der Waals surface area (Å²) in [5.74, 6) is 1.02. The Kier molecular flexibility index (Phi) is 2.81. The van der Waals surface area contributed by atoms with E-state index in [4.69, 9.17) is 10.5 Å². The minimum absolute atomic E-state index is 0.149. The lowest BCUT2D eigenvalue weighted by molar-refractivity contribution is 0.134. The maximum absolute atomic E-state index is 5.86. The van der Waals surface area contributed by atoms with E-state index >= 15 is 0 Å². The van der Waals surface area contributed by atoms with Crippen molar-refractivity contribution in [2.45, 2.75) is 37.5 Å². The van der Waals surface area contributed by atoms with Gasteiger partial charge in [-0.15, -0.1) is 0 Å². The van der Waals surface area contributed by atoms with Crippen LogP contribution in [0.5, 0.6) is 0 Å². The van der Waals surface area contributed by atoms with Crippen LogP contribution in [0.3, 0.4) is 0 Å². The molecule has 4 rings (SSSR count). The number of imidazole rings is 1. The van der Waals surface area contributed by atoms with Crippen molar-refractivity contribution >= 4 is 22.9 Å². The number of nitrogens with one attached hydrogen (secondary N) is 1. The summed E-state index contributed by atoms with van der Waals surface area (Å²) in [6.07, 6.45) is 9.39. The van der Waals surface area contributed by atoms with E-state index < -0.39 is 0 Å². The second-order valence-electron chi connectivity index (χ2n) is 5.64. The third-order valence-corrected chi connectivity index (χ3v) is 4.04. The lowest BCUT2D eigenvalue weighted by Crippen LogP contribution is -2.11. The normalized spacial score (nSPS) is 24.8. The first-order valence-corrected chi connectivity index (χ1v) is 7.22. The lowest BCUT2D eigenvalue weighted by atomic mass is 10.2. The van der Waals surface area contributed by atoms with Gasteiger partial charge in [0, 0.05) is 19.6 Å². The van der Waals surface area contributed by atoms with Crippen LogP contribution in [-0.4, -0.2) is 38.8 Å². The summed E-state index contributed by atoms with van der Waals surface area (Å²) in [7, 11) is 1.72. The molecular formula is C14H18N6O. The monoisotopic (exact) mass is 286 g/mol.